The monoisotopic (exact) mass is 506 g/mol. The molecular formula is C30H39FN4O2. The molecule has 0 radical (unpaired) electrons. The molecule has 6 nitrogen and oxygen atoms in total. The van der Waals surface area contributed by atoms with Crippen molar-refractivity contribution in [3.63, 3.8) is 0 Å². The Morgan fingerprint density at radius 2 is 1.78 bits per heavy atom. The number of piperazine rings is 1. The third-order valence-corrected chi connectivity index (χ3v) is 7.27. The van der Waals surface area contributed by atoms with Crippen LogP contribution >= 0.6 is 0 Å². The van der Waals surface area contributed by atoms with E-state index < -0.39 is 0 Å². The van der Waals surface area contributed by atoms with Gasteiger partial charge in [0, 0.05) is 67.5 Å². The Hall–Kier alpha value is -3.16. The summed E-state index contributed by atoms with van der Waals surface area (Å²) in [6, 6.07) is 12.9. The van der Waals surface area contributed by atoms with Crippen molar-refractivity contribution in [2.75, 3.05) is 60.5 Å². The Kier molecular flexibility index (Phi) is 9.00. The zero-order valence-corrected chi connectivity index (χ0v) is 22.5. The average Bonchev–Trinajstić information content (AvgIpc) is 3.16. The van der Waals surface area contributed by atoms with E-state index in [4.69, 9.17) is 4.74 Å². The van der Waals surface area contributed by atoms with Crippen molar-refractivity contribution >= 4 is 22.9 Å². The molecule has 1 aliphatic heterocycles. The van der Waals surface area contributed by atoms with Crippen LogP contribution in [0.5, 0.6) is 5.75 Å². The fourth-order valence-corrected chi connectivity index (χ4v) is 5.05. The molecule has 0 atom stereocenters. The Balaban J connectivity index is 1.40. The van der Waals surface area contributed by atoms with E-state index in [-0.39, 0.29) is 11.7 Å². The van der Waals surface area contributed by atoms with Gasteiger partial charge >= 0.3 is 0 Å². The predicted octanol–water partition coefficient (Wildman–Crippen LogP) is 4.45. The Labute approximate surface area is 219 Å². The van der Waals surface area contributed by atoms with Crippen molar-refractivity contribution < 1.29 is 13.9 Å². The minimum Gasteiger partial charge on any atom is -0.497 e. The highest BCUT2D eigenvalue weighted by Crippen LogP contribution is 2.30. The third-order valence-electron chi connectivity index (χ3n) is 7.27. The average molecular weight is 507 g/mol. The molecule has 37 heavy (non-hydrogen) atoms. The lowest BCUT2D eigenvalue weighted by molar-refractivity contribution is -0.127. The summed E-state index contributed by atoms with van der Waals surface area (Å²) in [4.78, 5) is 19.6. The lowest BCUT2D eigenvalue weighted by Crippen LogP contribution is -2.48. The van der Waals surface area contributed by atoms with Crippen LogP contribution in [0.2, 0.25) is 0 Å². The second-order valence-electron chi connectivity index (χ2n) is 10.1. The third kappa shape index (κ3) is 6.79. The summed E-state index contributed by atoms with van der Waals surface area (Å²) in [5.74, 6) is 0.664. The maximum atomic E-state index is 13.1. The molecule has 4 rings (SSSR count). The van der Waals surface area contributed by atoms with Crippen molar-refractivity contribution in [2.45, 2.75) is 26.3 Å². The van der Waals surface area contributed by atoms with Crippen molar-refractivity contribution in [2.24, 2.45) is 0 Å². The van der Waals surface area contributed by atoms with Gasteiger partial charge in [-0.05, 0) is 82.4 Å². The summed E-state index contributed by atoms with van der Waals surface area (Å²) in [5, 5.41) is 1.11. The van der Waals surface area contributed by atoms with Gasteiger partial charge < -0.3 is 19.1 Å². The molecule has 2 heterocycles. The number of aryl methyl sites for hydroxylation is 1. The first-order valence-electron chi connectivity index (χ1n) is 13.1. The van der Waals surface area contributed by atoms with Crippen LogP contribution in [0.4, 0.5) is 4.39 Å². The van der Waals surface area contributed by atoms with E-state index in [2.05, 4.69) is 47.5 Å². The zero-order chi connectivity index (χ0) is 26.4. The molecule has 3 aromatic rings. The number of carbonyl (C=O) groups excluding carboxylic acids is 1. The molecule has 198 valence electrons. The minimum absolute atomic E-state index is 0.0500. The molecule has 2 aromatic carbocycles. The number of benzene rings is 2. The Morgan fingerprint density at radius 1 is 1.05 bits per heavy atom. The number of nitrogens with zero attached hydrogens (tertiary/aromatic N) is 4. The standard InChI is InChI=1S/C30H39FN4O2/c1-23-27(28-22-26(37-4)10-12-29(28)35(23)16-5-15-32(2)3)11-13-30(36)34-20-18-33(19-21-34)17-14-24-6-8-25(31)9-7-24/h6-13,22H,5,14-21H2,1-4H3. The molecule has 0 bridgehead atoms. The molecule has 1 saturated heterocycles. The highest BCUT2D eigenvalue weighted by molar-refractivity contribution is 5.98. The van der Waals surface area contributed by atoms with Gasteiger partial charge in [0.1, 0.15) is 11.6 Å². The second-order valence-corrected chi connectivity index (χ2v) is 10.1. The zero-order valence-electron chi connectivity index (χ0n) is 22.5. The summed E-state index contributed by atoms with van der Waals surface area (Å²) in [7, 11) is 5.87. The highest BCUT2D eigenvalue weighted by Gasteiger charge is 2.20. The van der Waals surface area contributed by atoms with Crippen molar-refractivity contribution in [3.8, 4) is 5.75 Å². The topological polar surface area (TPSA) is 41.0 Å². The van der Waals surface area contributed by atoms with Crippen LogP contribution in [-0.2, 0) is 17.8 Å². The number of hydrogen-bond donors (Lipinski definition) is 0. The second kappa shape index (κ2) is 12.4. The van der Waals surface area contributed by atoms with Gasteiger partial charge in [0.05, 0.1) is 7.11 Å². The van der Waals surface area contributed by atoms with E-state index in [0.29, 0.717) is 13.1 Å². The van der Waals surface area contributed by atoms with Crippen LogP contribution in [0.15, 0.2) is 48.5 Å². The number of halogens is 1. The lowest BCUT2D eigenvalue weighted by Gasteiger charge is -2.34. The van der Waals surface area contributed by atoms with E-state index in [1.807, 2.05) is 29.2 Å². The molecule has 1 amide bonds. The maximum absolute atomic E-state index is 13.1. The summed E-state index contributed by atoms with van der Waals surface area (Å²) >= 11 is 0. The minimum atomic E-state index is -0.202. The van der Waals surface area contributed by atoms with Gasteiger partial charge in [-0.1, -0.05) is 12.1 Å². The molecule has 0 unspecified atom stereocenters. The lowest BCUT2D eigenvalue weighted by atomic mass is 10.1. The van der Waals surface area contributed by atoms with Gasteiger partial charge in [-0.15, -0.1) is 0 Å². The largest absolute Gasteiger partial charge is 0.497 e. The van der Waals surface area contributed by atoms with Crippen molar-refractivity contribution in [1.82, 2.24) is 19.3 Å². The van der Waals surface area contributed by atoms with Crippen LogP contribution in [0.3, 0.4) is 0 Å². The van der Waals surface area contributed by atoms with E-state index in [0.717, 1.165) is 73.5 Å². The highest BCUT2D eigenvalue weighted by atomic mass is 19.1. The quantitative estimate of drug-likeness (QED) is 0.381. The number of carbonyl (C=O) groups is 1. The molecule has 1 fully saturated rings. The summed E-state index contributed by atoms with van der Waals surface area (Å²) in [6.07, 6.45) is 5.63. The number of rotatable bonds is 10. The Morgan fingerprint density at radius 3 is 2.46 bits per heavy atom. The van der Waals surface area contributed by atoms with Crippen LogP contribution in [0.25, 0.3) is 17.0 Å². The maximum Gasteiger partial charge on any atom is 0.246 e. The molecule has 1 aromatic heterocycles. The van der Waals surface area contributed by atoms with E-state index >= 15 is 0 Å². The number of hydrogen-bond acceptors (Lipinski definition) is 4. The van der Waals surface area contributed by atoms with Crippen LogP contribution < -0.4 is 4.74 Å². The first-order chi connectivity index (χ1) is 17.9. The molecule has 0 spiro atoms. The molecular weight excluding hydrogens is 467 g/mol. The van der Waals surface area contributed by atoms with Crippen molar-refractivity contribution in [1.29, 1.82) is 0 Å². The fraction of sp³-hybridized carbons (Fsp3) is 0.433. The fourth-order valence-electron chi connectivity index (χ4n) is 5.05. The van der Waals surface area contributed by atoms with Gasteiger partial charge in [-0.2, -0.15) is 0 Å². The van der Waals surface area contributed by atoms with Crippen molar-refractivity contribution in [3.05, 3.63) is 71.2 Å². The van der Waals surface area contributed by atoms with Crippen LogP contribution in [0, 0.1) is 12.7 Å². The summed E-state index contributed by atoms with van der Waals surface area (Å²) in [5.41, 5.74) is 4.54. The van der Waals surface area contributed by atoms with Crippen LogP contribution in [0.1, 0.15) is 23.2 Å². The smallest absolute Gasteiger partial charge is 0.246 e. The molecule has 1 aliphatic rings. The van der Waals surface area contributed by atoms with Crippen LogP contribution in [-0.4, -0.2) is 85.6 Å². The molecule has 7 heteroatoms. The van der Waals surface area contributed by atoms with E-state index in [1.54, 1.807) is 13.2 Å². The summed E-state index contributed by atoms with van der Waals surface area (Å²) in [6.45, 7) is 8.12. The van der Waals surface area contributed by atoms with Gasteiger partial charge in [0.2, 0.25) is 5.91 Å². The predicted molar refractivity (Wildman–Crippen MR) is 149 cm³/mol. The molecule has 0 N–H and O–H groups in total. The van der Waals surface area contributed by atoms with Gasteiger partial charge in [0.15, 0.2) is 0 Å². The normalized spacial score (nSPS) is 14.8. The van der Waals surface area contributed by atoms with E-state index in [1.165, 1.54) is 17.6 Å². The van der Waals surface area contributed by atoms with Gasteiger partial charge in [0.25, 0.3) is 0 Å². The van der Waals surface area contributed by atoms with Gasteiger partial charge in [-0.25, -0.2) is 4.39 Å². The van der Waals surface area contributed by atoms with Gasteiger partial charge in [-0.3, -0.25) is 9.69 Å². The Bertz CT molecular complexity index is 1220. The SMILES string of the molecule is COc1ccc2c(c1)c(C=CC(=O)N1CCN(CCc3ccc(F)cc3)CC1)c(C)n2CCCN(C)C. The first kappa shape index (κ1) is 26.9. The number of ether oxygens (including phenoxy) is 1. The molecule has 0 saturated carbocycles. The number of aromatic nitrogens is 1. The number of methoxy groups -OCH3 is 1. The first-order valence-corrected chi connectivity index (χ1v) is 13.1. The number of amides is 1. The summed E-state index contributed by atoms with van der Waals surface area (Å²) < 4.78 is 21.0. The molecule has 0 aliphatic carbocycles. The van der Waals surface area contributed by atoms with E-state index in [9.17, 15) is 9.18 Å². The number of fused-ring (bicyclic) bond motifs is 1.